The van der Waals surface area contributed by atoms with Crippen molar-refractivity contribution in [2.75, 3.05) is 32.8 Å². The number of carbonyl (C=O) groups is 2. The van der Waals surface area contributed by atoms with E-state index in [0.29, 0.717) is 28.3 Å². The average molecular weight is 472 g/mol. The summed E-state index contributed by atoms with van der Waals surface area (Å²) in [6, 6.07) is 16.1. The van der Waals surface area contributed by atoms with Crippen molar-refractivity contribution in [1.82, 2.24) is 4.90 Å². The van der Waals surface area contributed by atoms with Crippen molar-refractivity contribution in [3.05, 3.63) is 82.4 Å². The van der Waals surface area contributed by atoms with Gasteiger partial charge in [0.25, 0.3) is 5.91 Å². The quantitative estimate of drug-likeness (QED) is 0.572. The number of rotatable bonds is 4. The Kier molecular flexibility index (Phi) is 5.11. The molecule has 2 atom stereocenters. The fraction of sp³-hybridized carbons (Fsp3) is 0.259. The molecule has 1 amide bonds. The lowest BCUT2D eigenvalue weighted by molar-refractivity contribution is 0.00942. The van der Waals surface area contributed by atoms with Gasteiger partial charge in [0.15, 0.2) is 11.5 Å². The summed E-state index contributed by atoms with van der Waals surface area (Å²) >= 11 is 0. The molecule has 0 aliphatic carbocycles. The summed E-state index contributed by atoms with van der Waals surface area (Å²) in [5.74, 6) is 1.48. The van der Waals surface area contributed by atoms with Gasteiger partial charge in [-0.25, -0.2) is 4.79 Å². The molecule has 0 saturated carbocycles. The molecule has 35 heavy (non-hydrogen) atoms. The molecule has 3 aromatic carbocycles. The second kappa shape index (κ2) is 8.32. The maximum atomic E-state index is 12.9. The molecular formula is C27H24N2O6. The SMILES string of the molecule is COc1ccc(C(=O)Nc2ccc3c(c2)C(=O)OC3C2c3cc4c(cc3CCN2C)OCO4)cc1. The Morgan fingerprint density at radius 2 is 1.80 bits per heavy atom. The van der Waals surface area contributed by atoms with Gasteiger partial charge in [-0.3, -0.25) is 9.69 Å². The van der Waals surface area contributed by atoms with Gasteiger partial charge in [0.1, 0.15) is 11.9 Å². The number of cyclic esters (lactones) is 1. The fourth-order valence-electron chi connectivity index (χ4n) is 5.04. The first-order valence-electron chi connectivity index (χ1n) is 11.4. The van der Waals surface area contributed by atoms with Crippen LogP contribution in [0.25, 0.3) is 0 Å². The minimum atomic E-state index is -0.465. The Bertz CT molecular complexity index is 1340. The molecule has 8 nitrogen and oxygen atoms in total. The number of amides is 1. The molecule has 8 heteroatoms. The van der Waals surface area contributed by atoms with Crippen LogP contribution < -0.4 is 19.5 Å². The second-order valence-corrected chi connectivity index (χ2v) is 8.89. The molecule has 6 rings (SSSR count). The van der Waals surface area contributed by atoms with Crippen molar-refractivity contribution in [2.45, 2.75) is 18.6 Å². The molecule has 3 aliphatic rings. The molecule has 178 valence electrons. The van der Waals surface area contributed by atoms with E-state index in [1.807, 2.05) is 25.2 Å². The molecular weight excluding hydrogens is 448 g/mol. The van der Waals surface area contributed by atoms with Crippen molar-refractivity contribution in [3.8, 4) is 17.2 Å². The normalized spacial score (nSPS) is 20.1. The Morgan fingerprint density at radius 1 is 1.03 bits per heavy atom. The van der Waals surface area contributed by atoms with Gasteiger partial charge in [0.2, 0.25) is 6.79 Å². The van der Waals surface area contributed by atoms with E-state index >= 15 is 0 Å². The van der Waals surface area contributed by atoms with E-state index in [1.165, 1.54) is 5.56 Å². The highest BCUT2D eigenvalue weighted by Crippen LogP contribution is 2.48. The van der Waals surface area contributed by atoms with Gasteiger partial charge in [0, 0.05) is 23.4 Å². The lowest BCUT2D eigenvalue weighted by atomic mass is 9.86. The fourth-order valence-corrected chi connectivity index (χ4v) is 5.04. The standard InChI is InChI=1S/C27H24N2O6/c1-29-10-9-16-11-22-23(34-14-33-22)13-20(16)24(29)25-19-8-5-17(12-21(19)27(31)35-25)28-26(30)15-3-6-18(32-2)7-4-15/h3-8,11-13,24-25H,9-10,14H2,1-2H3,(H,28,30). The van der Waals surface area contributed by atoms with Crippen molar-refractivity contribution in [2.24, 2.45) is 0 Å². The number of hydrogen-bond donors (Lipinski definition) is 1. The molecule has 0 fully saturated rings. The van der Waals surface area contributed by atoms with E-state index < -0.39 is 12.1 Å². The molecule has 0 bridgehead atoms. The third-order valence-electron chi connectivity index (χ3n) is 6.87. The zero-order valence-electron chi connectivity index (χ0n) is 19.4. The highest BCUT2D eigenvalue weighted by Gasteiger charge is 2.42. The molecule has 2 unspecified atom stereocenters. The first-order chi connectivity index (χ1) is 17.0. The van der Waals surface area contributed by atoms with E-state index in [0.717, 1.165) is 29.8 Å². The summed E-state index contributed by atoms with van der Waals surface area (Å²) in [6.07, 6.45) is 0.413. The topological polar surface area (TPSA) is 86.3 Å². The highest BCUT2D eigenvalue weighted by atomic mass is 16.7. The largest absolute Gasteiger partial charge is 0.497 e. The van der Waals surface area contributed by atoms with Gasteiger partial charge >= 0.3 is 5.97 Å². The first-order valence-corrected chi connectivity index (χ1v) is 11.4. The smallest absolute Gasteiger partial charge is 0.339 e. The van der Waals surface area contributed by atoms with E-state index in [9.17, 15) is 9.59 Å². The van der Waals surface area contributed by atoms with E-state index in [-0.39, 0.29) is 18.7 Å². The summed E-state index contributed by atoms with van der Waals surface area (Å²) in [7, 11) is 3.61. The summed E-state index contributed by atoms with van der Waals surface area (Å²) in [6.45, 7) is 1.04. The average Bonchev–Trinajstić information content (AvgIpc) is 3.46. The first kappa shape index (κ1) is 21.5. The van der Waals surface area contributed by atoms with Crippen molar-refractivity contribution >= 4 is 17.6 Å². The Hall–Kier alpha value is -4.04. The number of hydrogen-bond acceptors (Lipinski definition) is 7. The lowest BCUT2D eigenvalue weighted by Gasteiger charge is -2.37. The Labute approximate surface area is 202 Å². The van der Waals surface area contributed by atoms with Gasteiger partial charge in [-0.1, -0.05) is 6.07 Å². The predicted molar refractivity (Wildman–Crippen MR) is 127 cm³/mol. The van der Waals surface area contributed by atoms with Crippen LogP contribution >= 0.6 is 0 Å². The van der Waals surface area contributed by atoms with Gasteiger partial charge in [-0.2, -0.15) is 0 Å². The van der Waals surface area contributed by atoms with Crippen LogP contribution in [-0.2, 0) is 11.2 Å². The number of esters is 1. The maximum absolute atomic E-state index is 12.9. The number of nitrogens with zero attached hydrogens (tertiary/aromatic N) is 1. The third-order valence-corrected chi connectivity index (χ3v) is 6.87. The van der Waals surface area contributed by atoms with Crippen LogP contribution in [0.1, 0.15) is 49.6 Å². The monoisotopic (exact) mass is 472 g/mol. The number of likely N-dealkylation sites (N-methyl/N-ethyl adjacent to an activating group) is 1. The molecule has 0 radical (unpaired) electrons. The summed E-state index contributed by atoms with van der Waals surface area (Å²) in [4.78, 5) is 27.8. The summed E-state index contributed by atoms with van der Waals surface area (Å²) in [5, 5.41) is 2.86. The third kappa shape index (κ3) is 3.66. The van der Waals surface area contributed by atoms with Crippen LogP contribution in [0.5, 0.6) is 17.2 Å². The molecule has 0 aromatic heterocycles. The molecule has 3 heterocycles. The summed E-state index contributed by atoms with van der Waals surface area (Å²) < 4.78 is 22.2. The number of nitrogens with one attached hydrogen (secondary N) is 1. The number of benzene rings is 3. The van der Waals surface area contributed by atoms with Crippen LogP contribution in [0.4, 0.5) is 5.69 Å². The zero-order chi connectivity index (χ0) is 24.1. The van der Waals surface area contributed by atoms with Crippen LogP contribution in [0, 0.1) is 0 Å². The van der Waals surface area contributed by atoms with Crippen LogP contribution in [0.15, 0.2) is 54.6 Å². The van der Waals surface area contributed by atoms with Crippen LogP contribution in [0.3, 0.4) is 0 Å². The molecule has 1 N–H and O–H groups in total. The van der Waals surface area contributed by atoms with E-state index in [2.05, 4.69) is 10.2 Å². The molecule has 3 aliphatic heterocycles. The number of anilines is 1. The van der Waals surface area contributed by atoms with Gasteiger partial charge in [-0.15, -0.1) is 0 Å². The van der Waals surface area contributed by atoms with Crippen LogP contribution in [0.2, 0.25) is 0 Å². The minimum Gasteiger partial charge on any atom is -0.497 e. The van der Waals surface area contributed by atoms with Gasteiger partial charge in [0.05, 0.1) is 18.7 Å². The number of fused-ring (bicyclic) bond motifs is 3. The Morgan fingerprint density at radius 3 is 2.57 bits per heavy atom. The molecule has 0 spiro atoms. The van der Waals surface area contributed by atoms with Gasteiger partial charge < -0.3 is 24.3 Å². The summed E-state index contributed by atoms with van der Waals surface area (Å²) in [5.41, 5.74) is 4.54. The van der Waals surface area contributed by atoms with Crippen molar-refractivity contribution in [1.29, 1.82) is 0 Å². The second-order valence-electron chi connectivity index (χ2n) is 8.89. The van der Waals surface area contributed by atoms with Crippen molar-refractivity contribution < 1.29 is 28.5 Å². The number of carbonyl (C=O) groups excluding carboxylic acids is 2. The van der Waals surface area contributed by atoms with Gasteiger partial charge in [-0.05, 0) is 73.1 Å². The zero-order valence-corrected chi connectivity index (χ0v) is 19.4. The van der Waals surface area contributed by atoms with E-state index in [1.54, 1.807) is 43.5 Å². The van der Waals surface area contributed by atoms with Crippen LogP contribution in [-0.4, -0.2) is 44.3 Å². The Balaban J connectivity index is 1.29. The number of methoxy groups -OCH3 is 1. The van der Waals surface area contributed by atoms with Crippen molar-refractivity contribution in [3.63, 3.8) is 0 Å². The predicted octanol–water partition coefficient (Wildman–Crippen LogP) is 4.12. The highest BCUT2D eigenvalue weighted by molar-refractivity contribution is 6.05. The lowest BCUT2D eigenvalue weighted by Crippen LogP contribution is -2.36. The number of ether oxygens (including phenoxy) is 4. The molecule has 0 saturated heterocycles. The molecule has 3 aromatic rings. The van der Waals surface area contributed by atoms with E-state index in [4.69, 9.17) is 18.9 Å². The minimum absolute atomic E-state index is 0.154. The maximum Gasteiger partial charge on any atom is 0.339 e.